The standard InChI is InChI=1S/C14H18N2O/c1-16-13-3-2-9(4-10-6-12(15)7-10)5-11(13)8-14(16)17/h2-3,5,10,12H,4,6-8,15H2,1H3. The van der Waals surface area contributed by atoms with Crippen LogP contribution in [-0.4, -0.2) is 19.0 Å². The number of benzene rings is 1. The fourth-order valence-corrected chi connectivity index (χ4v) is 2.94. The number of nitrogens with zero attached hydrogens (tertiary/aromatic N) is 1. The van der Waals surface area contributed by atoms with Crippen molar-refractivity contribution in [2.45, 2.75) is 31.7 Å². The van der Waals surface area contributed by atoms with E-state index in [4.69, 9.17) is 5.73 Å². The molecule has 3 heteroatoms. The Kier molecular flexibility index (Phi) is 2.44. The zero-order chi connectivity index (χ0) is 12.0. The van der Waals surface area contributed by atoms with Gasteiger partial charge >= 0.3 is 0 Å². The first-order valence-electron chi connectivity index (χ1n) is 6.27. The van der Waals surface area contributed by atoms with Gasteiger partial charge in [-0.2, -0.15) is 0 Å². The van der Waals surface area contributed by atoms with Crippen LogP contribution in [0.4, 0.5) is 5.69 Å². The van der Waals surface area contributed by atoms with E-state index in [9.17, 15) is 4.79 Å². The van der Waals surface area contributed by atoms with Crippen LogP contribution in [0.3, 0.4) is 0 Å². The quantitative estimate of drug-likeness (QED) is 0.836. The molecule has 3 nitrogen and oxygen atoms in total. The number of hydrogen-bond donors (Lipinski definition) is 1. The molecule has 2 N–H and O–H groups in total. The van der Waals surface area contributed by atoms with E-state index in [0.717, 1.165) is 30.9 Å². The average Bonchev–Trinajstić information content (AvgIpc) is 2.52. The SMILES string of the molecule is CN1C(=O)Cc2cc(CC3CC(N)C3)ccc21. The van der Waals surface area contributed by atoms with Gasteiger partial charge in [-0.05, 0) is 42.4 Å². The Morgan fingerprint density at radius 1 is 1.41 bits per heavy atom. The maximum atomic E-state index is 11.6. The van der Waals surface area contributed by atoms with E-state index >= 15 is 0 Å². The van der Waals surface area contributed by atoms with E-state index in [1.807, 2.05) is 7.05 Å². The number of amides is 1. The Morgan fingerprint density at radius 3 is 2.88 bits per heavy atom. The number of fused-ring (bicyclic) bond motifs is 1. The molecular formula is C14H18N2O. The van der Waals surface area contributed by atoms with Gasteiger partial charge in [-0.15, -0.1) is 0 Å². The van der Waals surface area contributed by atoms with Gasteiger partial charge in [0.05, 0.1) is 6.42 Å². The number of hydrogen-bond acceptors (Lipinski definition) is 2. The van der Waals surface area contributed by atoms with Crippen LogP contribution in [-0.2, 0) is 17.6 Å². The summed E-state index contributed by atoms with van der Waals surface area (Å²) in [7, 11) is 1.85. The highest BCUT2D eigenvalue weighted by Crippen LogP contribution is 2.32. The van der Waals surface area contributed by atoms with Crippen molar-refractivity contribution < 1.29 is 4.79 Å². The minimum Gasteiger partial charge on any atom is -0.328 e. The Labute approximate surface area is 102 Å². The molecule has 1 saturated carbocycles. The van der Waals surface area contributed by atoms with E-state index in [0.29, 0.717) is 12.5 Å². The largest absolute Gasteiger partial charge is 0.328 e. The molecule has 1 amide bonds. The summed E-state index contributed by atoms with van der Waals surface area (Å²) >= 11 is 0. The van der Waals surface area contributed by atoms with Gasteiger partial charge in [-0.1, -0.05) is 12.1 Å². The monoisotopic (exact) mass is 230 g/mol. The van der Waals surface area contributed by atoms with E-state index in [2.05, 4.69) is 18.2 Å². The van der Waals surface area contributed by atoms with Gasteiger partial charge in [0.2, 0.25) is 5.91 Å². The fraction of sp³-hybridized carbons (Fsp3) is 0.500. The van der Waals surface area contributed by atoms with Crippen LogP contribution in [0.1, 0.15) is 24.0 Å². The second-order valence-electron chi connectivity index (χ2n) is 5.39. The van der Waals surface area contributed by atoms with Crippen molar-refractivity contribution >= 4 is 11.6 Å². The summed E-state index contributed by atoms with van der Waals surface area (Å²) < 4.78 is 0. The predicted octanol–water partition coefficient (Wildman–Crippen LogP) is 1.49. The third-order valence-electron chi connectivity index (χ3n) is 4.02. The second kappa shape index (κ2) is 3.84. The zero-order valence-electron chi connectivity index (χ0n) is 10.1. The average molecular weight is 230 g/mol. The Balaban J connectivity index is 1.76. The topological polar surface area (TPSA) is 46.3 Å². The molecule has 90 valence electrons. The zero-order valence-corrected chi connectivity index (χ0v) is 10.1. The van der Waals surface area contributed by atoms with Gasteiger partial charge in [0.1, 0.15) is 0 Å². The van der Waals surface area contributed by atoms with Crippen molar-refractivity contribution in [3.8, 4) is 0 Å². The lowest BCUT2D eigenvalue weighted by molar-refractivity contribution is -0.117. The fourth-order valence-electron chi connectivity index (χ4n) is 2.94. The van der Waals surface area contributed by atoms with Crippen LogP contribution in [0.5, 0.6) is 0 Å². The van der Waals surface area contributed by atoms with Crippen LogP contribution < -0.4 is 10.6 Å². The lowest BCUT2D eigenvalue weighted by atomic mass is 9.77. The van der Waals surface area contributed by atoms with Gasteiger partial charge in [0.25, 0.3) is 0 Å². The molecule has 0 spiro atoms. The summed E-state index contributed by atoms with van der Waals surface area (Å²) in [5.41, 5.74) is 9.40. The van der Waals surface area contributed by atoms with Crippen LogP contribution in [0, 0.1) is 5.92 Å². The van der Waals surface area contributed by atoms with Crippen LogP contribution >= 0.6 is 0 Å². The summed E-state index contributed by atoms with van der Waals surface area (Å²) in [6.45, 7) is 0. The minimum absolute atomic E-state index is 0.197. The van der Waals surface area contributed by atoms with Crippen molar-refractivity contribution in [1.29, 1.82) is 0 Å². The summed E-state index contributed by atoms with van der Waals surface area (Å²) in [6, 6.07) is 6.84. The molecule has 0 radical (unpaired) electrons. The summed E-state index contributed by atoms with van der Waals surface area (Å²) in [6.07, 6.45) is 3.97. The highest BCUT2D eigenvalue weighted by Gasteiger charge is 2.27. The molecule has 17 heavy (non-hydrogen) atoms. The molecular weight excluding hydrogens is 212 g/mol. The van der Waals surface area contributed by atoms with Crippen molar-refractivity contribution in [1.82, 2.24) is 0 Å². The van der Waals surface area contributed by atoms with Crippen LogP contribution in [0.25, 0.3) is 0 Å². The van der Waals surface area contributed by atoms with Crippen LogP contribution in [0.2, 0.25) is 0 Å². The molecule has 1 aliphatic heterocycles. The van der Waals surface area contributed by atoms with Gasteiger partial charge in [0.15, 0.2) is 0 Å². The smallest absolute Gasteiger partial charge is 0.231 e. The maximum absolute atomic E-state index is 11.6. The minimum atomic E-state index is 0.197. The molecule has 0 unspecified atom stereocenters. The Bertz CT molecular complexity index is 463. The molecule has 3 rings (SSSR count). The normalized spacial score (nSPS) is 26.9. The number of anilines is 1. The highest BCUT2D eigenvalue weighted by molar-refractivity contribution is 6.00. The molecule has 1 fully saturated rings. The second-order valence-corrected chi connectivity index (χ2v) is 5.39. The van der Waals surface area contributed by atoms with Gasteiger partial charge in [0, 0.05) is 18.8 Å². The van der Waals surface area contributed by atoms with Crippen molar-refractivity contribution in [2.24, 2.45) is 11.7 Å². The molecule has 0 atom stereocenters. The number of carbonyl (C=O) groups is 1. The molecule has 1 heterocycles. The maximum Gasteiger partial charge on any atom is 0.231 e. The summed E-state index contributed by atoms with van der Waals surface area (Å²) in [5.74, 6) is 0.945. The van der Waals surface area contributed by atoms with Gasteiger partial charge < -0.3 is 10.6 Å². The Hall–Kier alpha value is -1.35. The van der Waals surface area contributed by atoms with Crippen molar-refractivity contribution in [2.75, 3.05) is 11.9 Å². The lowest BCUT2D eigenvalue weighted by Crippen LogP contribution is -2.37. The third kappa shape index (κ3) is 1.84. The van der Waals surface area contributed by atoms with E-state index in [1.165, 1.54) is 11.1 Å². The van der Waals surface area contributed by atoms with E-state index in [1.54, 1.807) is 4.90 Å². The first-order valence-corrected chi connectivity index (χ1v) is 6.27. The Morgan fingerprint density at radius 2 is 2.18 bits per heavy atom. The molecule has 0 aromatic heterocycles. The van der Waals surface area contributed by atoms with Gasteiger partial charge in [-0.25, -0.2) is 0 Å². The number of likely N-dealkylation sites (N-methyl/N-ethyl adjacent to an activating group) is 1. The molecule has 1 aromatic carbocycles. The molecule has 0 saturated heterocycles. The molecule has 1 aromatic rings. The number of carbonyl (C=O) groups excluding carboxylic acids is 1. The van der Waals surface area contributed by atoms with Crippen molar-refractivity contribution in [3.63, 3.8) is 0 Å². The molecule has 1 aliphatic carbocycles. The highest BCUT2D eigenvalue weighted by atomic mass is 16.2. The molecule has 2 aliphatic rings. The van der Waals surface area contributed by atoms with E-state index < -0.39 is 0 Å². The summed E-state index contributed by atoms with van der Waals surface area (Å²) in [4.78, 5) is 13.3. The first kappa shape index (κ1) is 10.8. The summed E-state index contributed by atoms with van der Waals surface area (Å²) in [5, 5.41) is 0. The third-order valence-corrected chi connectivity index (χ3v) is 4.02. The first-order chi connectivity index (χ1) is 8.13. The van der Waals surface area contributed by atoms with E-state index in [-0.39, 0.29) is 5.91 Å². The number of rotatable bonds is 2. The van der Waals surface area contributed by atoms with Crippen molar-refractivity contribution in [3.05, 3.63) is 29.3 Å². The van der Waals surface area contributed by atoms with Gasteiger partial charge in [-0.3, -0.25) is 4.79 Å². The van der Waals surface area contributed by atoms with Crippen LogP contribution in [0.15, 0.2) is 18.2 Å². The molecule has 0 bridgehead atoms. The number of nitrogens with two attached hydrogens (primary N) is 1. The predicted molar refractivity (Wildman–Crippen MR) is 68.0 cm³/mol. The lowest BCUT2D eigenvalue weighted by Gasteiger charge is -2.32.